The van der Waals surface area contributed by atoms with E-state index in [-0.39, 0.29) is 18.0 Å². The summed E-state index contributed by atoms with van der Waals surface area (Å²) >= 11 is 1.30. The third-order valence-electron chi connectivity index (χ3n) is 5.19. The summed E-state index contributed by atoms with van der Waals surface area (Å²) in [6, 6.07) is 16.6. The number of hydrogen-bond acceptors (Lipinski definition) is 3. The van der Waals surface area contributed by atoms with E-state index in [9.17, 15) is 13.6 Å². The molecule has 0 saturated heterocycles. The fourth-order valence-electron chi connectivity index (χ4n) is 3.74. The number of halogens is 2. The number of anilines is 1. The van der Waals surface area contributed by atoms with Crippen LogP contribution in [0.2, 0.25) is 0 Å². The molecule has 0 N–H and O–H groups in total. The highest BCUT2D eigenvalue weighted by molar-refractivity contribution is 7.17. The molecule has 1 aromatic heterocycles. The molecule has 0 bridgehead atoms. The molecule has 30 heavy (non-hydrogen) atoms. The Labute approximate surface area is 178 Å². The van der Waals surface area contributed by atoms with Gasteiger partial charge < -0.3 is 4.90 Å². The fourth-order valence-corrected chi connectivity index (χ4v) is 4.76. The van der Waals surface area contributed by atoms with Crippen molar-refractivity contribution in [1.29, 1.82) is 0 Å². The number of alkyl halides is 2. The first kappa shape index (κ1) is 20.4. The molecule has 0 radical (unpaired) electrons. The second kappa shape index (κ2) is 8.11. The summed E-state index contributed by atoms with van der Waals surface area (Å²) < 4.78 is 29.8. The summed E-state index contributed by atoms with van der Waals surface area (Å²) in [7, 11) is 0. The number of carbonyl (C=O) groups is 1. The number of rotatable bonds is 3. The van der Waals surface area contributed by atoms with Gasteiger partial charge in [-0.1, -0.05) is 61.5 Å². The van der Waals surface area contributed by atoms with Crippen LogP contribution in [-0.4, -0.2) is 23.4 Å². The van der Waals surface area contributed by atoms with Gasteiger partial charge in [0.05, 0.1) is 11.4 Å². The summed E-state index contributed by atoms with van der Waals surface area (Å²) in [5, 5.41) is 0.747. The molecule has 0 aliphatic carbocycles. The molecule has 0 atom stereocenters. The number of allylic oxidation sites excluding steroid dienone is 2. The van der Waals surface area contributed by atoms with Gasteiger partial charge in [0.25, 0.3) is 11.8 Å². The van der Waals surface area contributed by atoms with Crippen molar-refractivity contribution < 1.29 is 13.6 Å². The van der Waals surface area contributed by atoms with Crippen molar-refractivity contribution in [2.24, 2.45) is 0 Å². The summed E-state index contributed by atoms with van der Waals surface area (Å²) in [6.07, 6.45) is 1.66. The monoisotopic (exact) mass is 424 g/mol. The van der Waals surface area contributed by atoms with Crippen LogP contribution in [-0.2, 0) is 0 Å². The van der Waals surface area contributed by atoms with E-state index in [1.807, 2.05) is 37.3 Å². The molecule has 1 aliphatic rings. The van der Waals surface area contributed by atoms with Crippen LogP contribution >= 0.6 is 11.3 Å². The highest BCUT2D eigenvalue weighted by atomic mass is 32.1. The number of amides is 1. The van der Waals surface area contributed by atoms with Crippen molar-refractivity contribution in [2.45, 2.75) is 32.6 Å². The number of para-hydroxylation sites is 1. The zero-order chi connectivity index (χ0) is 21.3. The average molecular weight is 425 g/mol. The first-order valence-corrected chi connectivity index (χ1v) is 10.8. The van der Waals surface area contributed by atoms with Crippen LogP contribution in [0.1, 0.15) is 40.7 Å². The third-order valence-corrected chi connectivity index (χ3v) is 6.39. The standard InChI is InChI=1S/C24H22F2N2OS/c1-3-9-19-18-12-7-8-13-20(18)28(15-14-24(19,25)26)23(29)21-16(2)27-22(30-21)17-10-5-4-6-11-17/h4-13H,3,14-15H2,1-2H3/b19-9-. The van der Waals surface area contributed by atoms with Crippen LogP contribution in [0.4, 0.5) is 14.5 Å². The van der Waals surface area contributed by atoms with E-state index >= 15 is 0 Å². The molecule has 1 amide bonds. The minimum absolute atomic E-state index is 0.00176. The molecule has 0 saturated carbocycles. The Bertz CT molecular complexity index is 1110. The number of fused-ring (bicyclic) bond motifs is 1. The topological polar surface area (TPSA) is 33.2 Å². The summed E-state index contributed by atoms with van der Waals surface area (Å²) in [5.74, 6) is -3.27. The highest BCUT2D eigenvalue weighted by Crippen LogP contribution is 2.44. The second-order valence-corrected chi connectivity index (χ2v) is 8.25. The van der Waals surface area contributed by atoms with Gasteiger partial charge in [-0.05, 0) is 19.4 Å². The van der Waals surface area contributed by atoms with Gasteiger partial charge in [-0.25, -0.2) is 13.8 Å². The second-order valence-electron chi connectivity index (χ2n) is 7.25. The predicted octanol–water partition coefficient (Wildman–Crippen LogP) is 6.60. The molecule has 2 heterocycles. The number of benzene rings is 2. The molecule has 0 unspecified atom stereocenters. The Kier molecular flexibility index (Phi) is 5.52. The first-order valence-electron chi connectivity index (χ1n) is 9.95. The van der Waals surface area contributed by atoms with E-state index in [4.69, 9.17) is 0 Å². The first-order chi connectivity index (χ1) is 14.4. The van der Waals surface area contributed by atoms with E-state index in [1.165, 1.54) is 16.2 Å². The number of nitrogens with zero attached hydrogens (tertiary/aromatic N) is 2. The van der Waals surface area contributed by atoms with Crippen LogP contribution in [0.25, 0.3) is 16.1 Å². The number of aromatic nitrogens is 1. The van der Waals surface area contributed by atoms with E-state index in [1.54, 1.807) is 37.3 Å². The summed E-state index contributed by atoms with van der Waals surface area (Å²) in [5.41, 5.74) is 2.48. The van der Waals surface area contributed by atoms with Gasteiger partial charge in [0, 0.05) is 29.7 Å². The van der Waals surface area contributed by atoms with Gasteiger partial charge in [-0.2, -0.15) is 0 Å². The Morgan fingerprint density at radius 3 is 2.60 bits per heavy atom. The highest BCUT2D eigenvalue weighted by Gasteiger charge is 2.41. The molecule has 0 spiro atoms. The summed E-state index contributed by atoms with van der Waals surface area (Å²) in [4.78, 5) is 20.0. The van der Waals surface area contributed by atoms with Gasteiger partial charge >= 0.3 is 0 Å². The van der Waals surface area contributed by atoms with Gasteiger partial charge in [0.1, 0.15) is 9.88 Å². The molecular weight excluding hydrogens is 402 g/mol. The van der Waals surface area contributed by atoms with Crippen molar-refractivity contribution in [1.82, 2.24) is 4.98 Å². The van der Waals surface area contributed by atoms with Crippen LogP contribution in [0.15, 0.2) is 60.7 Å². The average Bonchev–Trinajstić information content (AvgIpc) is 3.09. The Morgan fingerprint density at radius 2 is 1.87 bits per heavy atom. The molecule has 0 fully saturated rings. The maximum atomic E-state index is 14.9. The van der Waals surface area contributed by atoms with Crippen molar-refractivity contribution in [3.63, 3.8) is 0 Å². The third kappa shape index (κ3) is 3.67. The van der Waals surface area contributed by atoms with Crippen LogP contribution < -0.4 is 4.90 Å². The molecule has 3 aromatic rings. The lowest BCUT2D eigenvalue weighted by Gasteiger charge is -2.22. The molecule has 1 aliphatic heterocycles. The maximum absolute atomic E-state index is 14.9. The van der Waals surface area contributed by atoms with Crippen molar-refractivity contribution >= 4 is 28.5 Å². The van der Waals surface area contributed by atoms with E-state index < -0.39 is 12.3 Å². The molecule has 4 rings (SSSR count). The lowest BCUT2D eigenvalue weighted by atomic mass is 9.96. The number of carbonyl (C=O) groups excluding carboxylic acids is 1. The Balaban J connectivity index is 1.77. The lowest BCUT2D eigenvalue weighted by molar-refractivity contribution is 0.0600. The van der Waals surface area contributed by atoms with Gasteiger partial charge in [0.2, 0.25) is 0 Å². The van der Waals surface area contributed by atoms with E-state index in [0.717, 1.165) is 10.6 Å². The number of aryl methyl sites for hydroxylation is 1. The largest absolute Gasteiger partial charge is 0.307 e. The normalized spacial score (nSPS) is 16.9. The lowest BCUT2D eigenvalue weighted by Crippen LogP contribution is -2.33. The van der Waals surface area contributed by atoms with Crippen molar-refractivity contribution in [3.8, 4) is 10.6 Å². The fraction of sp³-hybridized carbons (Fsp3) is 0.250. The van der Waals surface area contributed by atoms with Crippen LogP contribution in [0.3, 0.4) is 0 Å². The van der Waals surface area contributed by atoms with E-state index in [2.05, 4.69) is 4.98 Å². The quantitative estimate of drug-likeness (QED) is 0.475. The minimum atomic E-state index is -2.99. The smallest absolute Gasteiger partial charge is 0.275 e. The molecule has 2 aromatic carbocycles. The van der Waals surface area contributed by atoms with Gasteiger partial charge in [-0.15, -0.1) is 11.3 Å². The zero-order valence-corrected chi connectivity index (χ0v) is 17.7. The van der Waals surface area contributed by atoms with Gasteiger partial charge in [0.15, 0.2) is 0 Å². The minimum Gasteiger partial charge on any atom is -0.307 e. The predicted molar refractivity (Wildman–Crippen MR) is 118 cm³/mol. The molecule has 154 valence electrons. The van der Waals surface area contributed by atoms with Crippen molar-refractivity contribution in [3.05, 3.63) is 76.8 Å². The van der Waals surface area contributed by atoms with Gasteiger partial charge in [-0.3, -0.25) is 4.79 Å². The van der Waals surface area contributed by atoms with Crippen LogP contribution in [0.5, 0.6) is 0 Å². The molecule has 3 nitrogen and oxygen atoms in total. The Hall–Kier alpha value is -2.86. The number of thiazole rings is 1. The van der Waals surface area contributed by atoms with Crippen molar-refractivity contribution in [2.75, 3.05) is 11.4 Å². The maximum Gasteiger partial charge on any atom is 0.275 e. The Morgan fingerprint density at radius 1 is 1.17 bits per heavy atom. The zero-order valence-electron chi connectivity index (χ0n) is 16.9. The number of hydrogen-bond donors (Lipinski definition) is 0. The SMILES string of the molecule is CC/C=C1/c2ccccc2N(C(=O)c2sc(-c3ccccc3)nc2C)CCC1(F)F. The molecular formula is C24H22F2N2OS. The summed E-state index contributed by atoms with van der Waals surface area (Å²) in [6.45, 7) is 3.57. The van der Waals surface area contributed by atoms with Crippen LogP contribution in [0, 0.1) is 6.92 Å². The van der Waals surface area contributed by atoms with E-state index in [0.29, 0.717) is 28.2 Å². The molecule has 6 heteroatoms.